The Hall–Kier alpha value is -1.38. The molecule has 110 valence electrons. The highest BCUT2D eigenvalue weighted by Crippen LogP contribution is 2.33. The van der Waals surface area contributed by atoms with Crippen molar-refractivity contribution in [1.29, 1.82) is 0 Å². The first-order valence-corrected chi connectivity index (χ1v) is 7.93. The fourth-order valence-electron chi connectivity index (χ4n) is 3.09. The van der Waals surface area contributed by atoms with Crippen LogP contribution in [0.4, 0.5) is 0 Å². The number of hydrogen-bond acceptors (Lipinski definition) is 2. The predicted octanol–water partition coefficient (Wildman–Crippen LogP) is 4.49. The molecule has 0 saturated heterocycles. The second-order valence-electron chi connectivity index (χ2n) is 6.18. The van der Waals surface area contributed by atoms with Crippen molar-refractivity contribution < 1.29 is 0 Å². The first-order valence-electron chi connectivity index (χ1n) is 7.55. The Bertz CT molecular complexity index is 610. The lowest BCUT2D eigenvalue weighted by Crippen LogP contribution is -2.35. The molecule has 1 atom stereocenters. The minimum absolute atomic E-state index is 0.455. The molecular weight excluding hydrogens is 280 g/mol. The Labute approximate surface area is 131 Å². The van der Waals surface area contributed by atoms with Crippen molar-refractivity contribution in [1.82, 2.24) is 9.88 Å². The summed E-state index contributed by atoms with van der Waals surface area (Å²) in [6.45, 7) is 7.53. The molecule has 2 aromatic rings. The minimum atomic E-state index is 0.455. The van der Waals surface area contributed by atoms with Gasteiger partial charge >= 0.3 is 0 Å². The highest BCUT2D eigenvalue weighted by Gasteiger charge is 2.28. The van der Waals surface area contributed by atoms with E-state index in [2.05, 4.69) is 60.1 Å². The molecule has 21 heavy (non-hydrogen) atoms. The number of pyridine rings is 1. The van der Waals surface area contributed by atoms with Crippen LogP contribution in [-0.4, -0.2) is 16.4 Å². The third-order valence-electron chi connectivity index (χ3n) is 4.23. The van der Waals surface area contributed by atoms with Crippen LogP contribution in [-0.2, 0) is 13.1 Å². The maximum atomic E-state index is 6.09. The average molecular weight is 301 g/mol. The summed E-state index contributed by atoms with van der Waals surface area (Å²) in [7, 11) is 0. The quantitative estimate of drug-likeness (QED) is 0.776. The molecule has 1 aromatic heterocycles. The lowest BCUT2D eigenvalue weighted by atomic mass is 9.86. The number of hydrogen-bond donors (Lipinski definition) is 0. The number of nitrogens with zero attached hydrogens (tertiary/aromatic N) is 2. The third-order valence-corrected chi connectivity index (χ3v) is 4.44. The fourth-order valence-corrected chi connectivity index (χ4v) is 3.25. The molecule has 3 heteroatoms. The van der Waals surface area contributed by atoms with Gasteiger partial charge in [0.2, 0.25) is 0 Å². The molecule has 0 aliphatic carbocycles. The zero-order chi connectivity index (χ0) is 14.8. The summed E-state index contributed by atoms with van der Waals surface area (Å²) in [5, 5.41) is 0.607. The molecule has 1 aromatic carbocycles. The minimum Gasteiger partial charge on any atom is -0.294 e. The third kappa shape index (κ3) is 3.28. The van der Waals surface area contributed by atoms with Crippen molar-refractivity contribution in [2.24, 2.45) is 5.92 Å². The molecule has 3 rings (SSSR count). The molecule has 0 saturated carbocycles. The van der Waals surface area contributed by atoms with Gasteiger partial charge in [0.25, 0.3) is 0 Å². The lowest BCUT2D eigenvalue weighted by molar-refractivity contribution is 0.198. The molecule has 0 bridgehead atoms. The Morgan fingerprint density at radius 3 is 2.67 bits per heavy atom. The van der Waals surface area contributed by atoms with Crippen LogP contribution in [0, 0.1) is 5.92 Å². The smallest absolute Gasteiger partial charge is 0.129 e. The van der Waals surface area contributed by atoms with E-state index in [1.807, 2.05) is 6.07 Å². The van der Waals surface area contributed by atoms with Crippen molar-refractivity contribution in [3.63, 3.8) is 0 Å². The van der Waals surface area contributed by atoms with E-state index < -0.39 is 0 Å². The van der Waals surface area contributed by atoms with Crippen LogP contribution in [0.3, 0.4) is 0 Å². The van der Waals surface area contributed by atoms with Gasteiger partial charge in [-0.05, 0) is 23.1 Å². The van der Waals surface area contributed by atoms with Gasteiger partial charge in [0.15, 0.2) is 0 Å². The van der Waals surface area contributed by atoms with Gasteiger partial charge in [0.1, 0.15) is 5.15 Å². The molecule has 2 nitrogen and oxygen atoms in total. The zero-order valence-corrected chi connectivity index (χ0v) is 13.3. The fraction of sp³-hybridized carbons (Fsp3) is 0.389. The maximum Gasteiger partial charge on any atom is 0.129 e. The molecule has 1 unspecified atom stereocenters. The van der Waals surface area contributed by atoms with Gasteiger partial charge in [-0.2, -0.15) is 0 Å². The van der Waals surface area contributed by atoms with E-state index in [4.69, 9.17) is 11.6 Å². The number of aromatic nitrogens is 1. The van der Waals surface area contributed by atoms with Crippen molar-refractivity contribution in [3.8, 4) is 0 Å². The van der Waals surface area contributed by atoms with Crippen LogP contribution in [0.1, 0.15) is 36.6 Å². The number of benzene rings is 1. The molecule has 0 radical (unpaired) electrons. The molecule has 0 fully saturated rings. The predicted molar refractivity (Wildman–Crippen MR) is 87.4 cm³/mol. The molecule has 2 heterocycles. The van der Waals surface area contributed by atoms with Gasteiger partial charge in [-0.25, -0.2) is 4.98 Å². The van der Waals surface area contributed by atoms with E-state index in [1.165, 1.54) is 16.8 Å². The first-order chi connectivity index (χ1) is 10.1. The Kier molecular flexibility index (Phi) is 4.27. The highest BCUT2D eigenvalue weighted by molar-refractivity contribution is 6.29. The molecule has 1 aliphatic heterocycles. The zero-order valence-electron chi connectivity index (χ0n) is 12.6. The number of rotatable bonds is 3. The molecular formula is C18H21ClN2. The summed E-state index contributed by atoms with van der Waals surface area (Å²) in [6, 6.07) is 14.7. The Morgan fingerprint density at radius 1 is 1.19 bits per heavy atom. The van der Waals surface area contributed by atoms with Gasteiger partial charge in [0, 0.05) is 25.6 Å². The van der Waals surface area contributed by atoms with E-state index in [9.17, 15) is 0 Å². The van der Waals surface area contributed by atoms with Crippen molar-refractivity contribution in [2.75, 3.05) is 6.54 Å². The maximum absolute atomic E-state index is 6.09. The van der Waals surface area contributed by atoms with Crippen LogP contribution in [0.5, 0.6) is 0 Å². The monoisotopic (exact) mass is 300 g/mol. The van der Waals surface area contributed by atoms with Crippen molar-refractivity contribution in [2.45, 2.75) is 32.9 Å². The Balaban J connectivity index is 1.86. The normalized spacial score (nSPS) is 18.8. The van der Waals surface area contributed by atoms with Crippen LogP contribution < -0.4 is 0 Å². The summed E-state index contributed by atoms with van der Waals surface area (Å²) in [5.74, 6) is 1.02. The van der Waals surface area contributed by atoms with E-state index in [0.717, 1.165) is 19.6 Å². The molecule has 0 N–H and O–H groups in total. The molecule has 1 aliphatic rings. The van der Waals surface area contributed by atoms with Crippen LogP contribution in [0.25, 0.3) is 0 Å². The first kappa shape index (κ1) is 14.6. The number of fused-ring (bicyclic) bond motifs is 1. The van der Waals surface area contributed by atoms with Crippen molar-refractivity contribution >= 4 is 11.6 Å². The standard InChI is InChI=1S/C18H21ClN2/c1-13(2)16-12-21(10-14-6-4-3-5-7-14)11-15-8-9-17(19)20-18(15)16/h3-9,13,16H,10-12H2,1-2H3. The van der Waals surface area contributed by atoms with Crippen LogP contribution in [0.15, 0.2) is 42.5 Å². The van der Waals surface area contributed by atoms with Gasteiger partial charge in [-0.15, -0.1) is 0 Å². The summed E-state index contributed by atoms with van der Waals surface area (Å²) in [4.78, 5) is 7.11. The van der Waals surface area contributed by atoms with E-state index >= 15 is 0 Å². The lowest BCUT2D eigenvalue weighted by Gasteiger charge is -2.36. The van der Waals surface area contributed by atoms with Gasteiger partial charge < -0.3 is 0 Å². The van der Waals surface area contributed by atoms with E-state index in [1.54, 1.807) is 0 Å². The van der Waals surface area contributed by atoms with Gasteiger partial charge in [-0.3, -0.25) is 4.90 Å². The van der Waals surface area contributed by atoms with Gasteiger partial charge in [-0.1, -0.05) is 61.8 Å². The summed E-state index contributed by atoms with van der Waals surface area (Å²) in [5.41, 5.74) is 3.88. The molecule has 0 amide bonds. The van der Waals surface area contributed by atoms with Crippen LogP contribution >= 0.6 is 11.6 Å². The SMILES string of the molecule is CC(C)C1CN(Cc2ccccc2)Cc2ccc(Cl)nc21. The largest absolute Gasteiger partial charge is 0.294 e. The van der Waals surface area contributed by atoms with Crippen molar-refractivity contribution in [3.05, 3.63) is 64.4 Å². The average Bonchev–Trinajstić information content (AvgIpc) is 2.48. The Morgan fingerprint density at radius 2 is 1.95 bits per heavy atom. The summed E-state index contributed by atoms with van der Waals surface area (Å²) < 4.78 is 0. The summed E-state index contributed by atoms with van der Waals surface area (Å²) >= 11 is 6.09. The van der Waals surface area contributed by atoms with E-state index in [-0.39, 0.29) is 0 Å². The van der Waals surface area contributed by atoms with E-state index in [0.29, 0.717) is 17.0 Å². The van der Waals surface area contributed by atoms with Gasteiger partial charge in [0.05, 0.1) is 5.69 Å². The van der Waals surface area contributed by atoms with Crippen LogP contribution in [0.2, 0.25) is 5.15 Å². The molecule has 0 spiro atoms. The topological polar surface area (TPSA) is 16.1 Å². The second kappa shape index (κ2) is 6.17. The highest BCUT2D eigenvalue weighted by atomic mass is 35.5. The summed E-state index contributed by atoms with van der Waals surface area (Å²) in [6.07, 6.45) is 0. The second-order valence-corrected chi connectivity index (χ2v) is 6.57. The number of halogens is 1.